The number of aromatic nitrogens is 2. The second-order valence-electron chi connectivity index (χ2n) is 5.80. The third-order valence-electron chi connectivity index (χ3n) is 4.03. The maximum Gasteiger partial charge on any atom is 0.337 e. The van der Waals surface area contributed by atoms with Crippen molar-refractivity contribution in [1.29, 1.82) is 0 Å². The van der Waals surface area contributed by atoms with E-state index >= 15 is 0 Å². The summed E-state index contributed by atoms with van der Waals surface area (Å²) >= 11 is 0. The van der Waals surface area contributed by atoms with Gasteiger partial charge in [-0.25, -0.2) is 9.59 Å². The summed E-state index contributed by atoms with van der Waals surface area (Å²) in [6.45, 7) is 0.0959. The van der Waals surface area contributed by atoms with E-state index in [1.165, 1.54) is 17.7 Å². The van der Waals surface area contributed by atoms with Crippen molar-refractivity contribution in [3.8, 4) is 0 Å². The molecule has 1 aromatic heterocycles. The van der Waals surface area contributed by atoms with E-state index in [9.17, 15) is 19.2 Å². The second-order valence-corrected chi connectivity index (χ2v) is 5.80. The van der Waals surface area contributed by atoms with E-state index in [1.54, 1.807) is 42.5 Å². The smallest absolute Gasteiger partial charge is 0.337 e. The topological polar surface area (TPSA) is 110 Å². The second kappa shape index (κ2) is 7.69. The van der Waals surface area contributed by atoms with Crippen molar-refractivity contribution in [3.05, 3.63) is 74.9 Å². The number of esters is 1. The number of carbonyl (C=O) groups excluding carboxylic acids is 2. The van der Waals surface area contributed by atoms with Gasteiger partial charge in [-0.1, -0.05) is 18.2 Å². The third kappa shape index (κ3) is 3.95. The normalized spacial score (nSPS) is 10.6. The molecule has 0 spiro atoms. The fourth-order valence-corrected chi connectivity index (χ4v) is 2.74. The molecule has 0 aliphatic carbocycles. The Morgan fingerprint density at radius 3 is 2.67 bits per heavy atom. The Balaban J connectivity index is 1.76. The molecule has 1 heterocycles. The first-order chi connectivity index (χ1) is 13.0. The van der Waals surface area contributed by atoms with Crippen molar-refractivity contribution in [2.45, 2.75) is 13.0 Å². The Bertz CT molecular complexity index is 1130. The number of ether oxygens (including phenoxy) is 1. The number of H-pyrrole nitrogens is 1. The molecule has 3 rings (SSSR count). The Morgan fingerprint density at radius 1 is 1.11 bits per heavy atom. The molecule has 8 heteroatoms. The summed E-state index contributed by atoms with van der Waals surface area (Å²) < 4.78 is 5.99. The van der Waals surface area contributed by atoms with E-state index < -0.39 is 17.2 Å². The first kappa shape index (κ1) is 18.1. The van der Waals surface area contributed by atoms with Crippen molar-refractivity contribution >= 4 is 28.5 Å². The van der Waals surface area contributed by atoms with Crippen LogP contribution in [0.4, 0.5) is 5.69 Å². The van der Waals surface area contributed by atoms with Crippen LogP contribution in [0.1, 0.15) is 16.8 Å². The van der Waals surface area contributed by atoms with E-state index in [0.717, 1.165) is 0 Å². The minimum Gasteiger partial charge on any atom is -0.465 e. The Kier molecular flexibility index (Phi) is 5.16. The van der Waals surface area contributed by atoms with Crippen molar-refractivity contribution in [2.75, 3.05) is 12.4 Å². The molecule has 0 aliphatic rings. The number of rotatable bonds is 5. The summed E-state index contributed by atoms with van der Waals surface area (Å²) in [5, 5.41) is 3.05. The van der Waals surface area contributed by atoms with Gasteiger partial charge in [-0.2, -0.15) is 0 Å². The standard InChI is InChI=1S/C19H17N3O5/c1-27-18(25)12-5-4-6-13(11-12)20-16(23)9-10-22-15-8-3-2-7-14(15)17(24)21-19(22)26/h2-8,11H,9-10H2,1H3,(H,20,23)(H,21,24,26). The molecule has 0 radical (unpaired) electrons. The van der Waals surface area contributed by atoms with E-state index in [0.29, 0.717) is 22.2 Å². The number of hydrogen-bond acceptors (Lipinski definition) is 5. The summed E-state index contributed by atoms with van der Waals surface area (Å²) in [5.74, 6) is -0.837. The van der Waals surface area contributed by atoms with Crippen LogP contribution in [-0.4, -0.2) is 28.5 Å². The largest absolute Gasteiger partial charge is 0.465 e. The molecular formula is C19H17N3O5. The van der Waals surface area contributed by atoms with Gasteiger partial charge in [0.05, 0.1) is 23.6 Å². The van der Waals surface area contributed by atoms with Crippen LogP contribution in [0.25, 0.3) is 10.9 Å². The van der Waals surface area contributed by atoms with Gasteiger partial charge in [0, 0.05) is 18.7 Å². The molecule has 3 aromatic rings. The van der Waals surface area contributed by atoms with Gasteiger partial charge in [-0.3, -0.25) is 19.1 Å². The average molecular weight is 367 g/mol. The molecule has 8 nitrogen and oxygen atoms in total. The van der Waals surface area contributed by atoms with E-state index in [-0.39, 0.29) is 18.9 Å². The number of amides is 1. The number of methoxy groups -OCH3 is 1. The lowest BCUT2D eigenvalue weighted by atomic mass is 10.2. The molecule has 0 saturated carbocycles. The van der Waals surface area contributed by atoms with Crippen LogP contribution in [0.2, 0.25) is 0 Å². The quantitative estimate of drug-likeness (QED) is 0.664. The molecule has 0 atom stereocenters. The average Bonchev–Trinajstić information content (AvgIpc) is 2.67. The number of nitrogens with zero attached hydrogens (tertiary/aromatic N) is 1. The lowest BCUT2D eigenvalue weighted by molar-refractivity contribution is -0.116. The molecule has 0 aliphatic heterocycles. The fourth-order valence-electron chi connectivity index (χ4n) is 2.74. The van der Waals surface area contributed by atoms with Crippen LogP contribution in [0, 0.1) is 0 Å². The Morgan fingerprint density at radius 2 is 1.89 bits per heavy atom. The number of nitrogens with one attached hydrogen (secondary N) is 2. The van der Waals surface area contributed by atoms with Crippen molar-refractivity contribution in [1.82, 2.24) is 9.55 Å². The predicted molar refractivity (Wildman–Crippen MR) is 99.9 cm³/mol. The summed E-state index contributed by atoms with van der Waals surface area (Å²) in [5.41, 5.74) is 0.196. The number of hydrogen-bond donors (Lipinski definition) is 2. The highest BCUT2D eigenvalue weighted by atomic mass is 16.5. The predicted octanol–water partition coefficient (Wildman–Crippen LogP) is 1.51. The Hall–Kier alpha value is -3.68. The number of anilines is 1. The molecule has 27 heavy (non-hydrogen) atoms. The van der Waals surface area contributed by atoms with Gasteiger partial charge in [-0.05, 0) is 30.3 Å². The minimum absolute atomic E-state index is 0.0123. The van der Waals surface area contributed by atoms with Crippen LogP contribution in [0.15, 0.2) is 58.1 Å². The first-order valence-corrected chi connectivity index (χ1v) is 8.19. The zero-order valence-electron chi connectivity index (χ0n) is 14.5. The maximum absolute atomic E-state index is 12.2. The van der Waals surface area contributed by atoms with Gasteiger partial charge in [0.15, 0.2) is 0 Å². The number of aromatic amines is 1. The van der Waals surface area contributed by atoms with Gasteiger partial charge in [0.2, 0.25) is 5.91 Å². The van der Waals surface area contributed by atoms with E-state index in [4.69, 9.17) is 0 Å². The molecule has 138 valence electrons. The molecular weight excluding hydrogens is 350 g/mol. The molecule has 1 amide bonds. The lowest BCUT2D eigenvalue weighted by Crippen LogP contribution is -2.31. The van der Waals surface area contributed by atoms with Crippen molar-refractivity contribution < 1.29 is 14.3 Å². The third-order valence-corrected chi connectivity index (χ3v) is 4.03. The molecule has 0 saturated heterocycles. The van der Waals surface area contributed by atoms with Crippen LogP contribution >= 0.6 is 0 Å². The summed E-state index contributed by atoms with van der Waals surface area (Å²) in [4.78, 5) is 50.0. The number of fused-ring (bicyclic) bond motifs is 1. The Labute approximate surface area is 153 Å². The van der Waals surface area contributed by atoms with Crippen LogP contribution < -0.4 is 16.6 Å². The summed E-state index contributed by atoms with van der Waals surface area (Å²) in [6.07, 6.45) is 0.0123. The van der Waals surface area contributed by atoms with Gasteiger partial charge in [0.25, 0.3) is 5.56 Å². The van der Waals surface area contributed by atoms with Crippen LogP contribution in [-0.2, 0) is 16.1 Å². The monoisotopic (exact) mass is 367 g/mol. The van der Waals surface area contributed by atoms with Gasteiger partial charge in [-0.15, -0.1) is 0 Å². The molecule has 2 aromatic carbocycles. The highest BCUT2D eigenvalue weighted by Crippen LogP contribution is 2.12. The molecule has 2 N–H and O–H groups in total. The number of para-hydroxylation sites is 1. The molecule has 0 fully saturated rings. The summed E-state index contributed by atoms with van der Waals surface area (Å²) in [6, 6.07) is 13.0. The molecule has 0 unspecified atom stereocenters. The number of aryl methyl sites for hydroxylation is 1. The van der Waals surface area contributed by atoms with Gasteiger partial charge < -0.3 is 10.1 Å². The van der Waals surface area contributed by atoms with Gasteiger partial charge in [0.1, 0.15) is 0 Å². The van der Waals surface area contributed by atoms with Crippen molar-refractivity contribution in [2.24, 2.45) is 0 Å². The number of benzene rings is 2. The molecule has 0 bridgehead atoms. The highest BCUT2D eigenvalue weighted by molar-refractivity contribution is 5.94. The van der Waals surface area contributed by atoms with E-state index in [2.05, 4.69) is 15.0 Å². The van der Waals surface area contributed by atoms with Crippen LogP contribution in [0.3, 0.4) is 0 Å². The number of carbonyl (C=O) groups is 2. The van der Waals surface area contributed by atoms with Crippen LogP contribution in [0.5, 0.6) is 0 Å². The summed E-state index contributed by atoms with van der Waals surface area (Å²) in [7, 11) is 1.28. The van der Waals surface area contributed by atoms with Gasteiger partial charge >= 0.3 is 11.7 Å². The van der Waals surface area contributed by atoms with E-state index in [1.807, 2.05) is 0 Å². The zero-order valence-corrected chi connectivity index (χ0v) is 14.5. The lowest BCUT2D eigenvalue weighted by Gasteiger charge is -2.10. The first-order valence-electron chi connectivity index (χ1n) is 8.19. The van der Waals surface area contributed by atoms with Crippen molar-refractivity contribution in [3.63, 3.8) is 0 Å². The maximum atomic E-state index is 12.2. The minimum atomic E-state index is -0.570. The SMILES string of the molecule is COC(=O)c1cccc(NC(=O)CCn2c(=O)[nH]c(=O)c3ccccc32)c1. The zero-order chi connectivity index (χ0) is 19.4. The fraction of sp³-hybridized carbons (Fsp3) is 0.158. The highest BCUT2D eigenvalue weighted by Gasteiger charge is 2.10.